The number of piperidine rings is 1. The van der Waals surface area contributed by atoms with Gasteiger partial charge < -0.3 is 10.6 Å². The van der Waals surface area contributed by atoms with Crippen molar-refractivity contribution in [2.45, 2.75) is 44.2 Å². The molecular formula is C15H25F3IN5O2S2. The third-order valence-electron chi connectivity index (χ3n) is 4.23. The summed E-state index contributed by atoms with van der Waals surface area (Å²) in [7, 11) is -3.64. The van der Waals surface area contributed by atoms with Gasteiger partial charge in [-0.2, -0.15) is 17.5 Å². The molecule has 1 aliphatic rings. The van der Waals surface area contributed by atoms with Crippen LogP contribution in [-0.2, 0) is 22.9 Å². The molecule has 0 aliphatic carbocycles. The molecule has 0 bridgehead atoms. The standard InChI is InChI=1S/C15H24F3N5O2S2.HI/c1-3-13-21-12(10-26-13)4-7-20-14(19-2)22-11-5-8-23(9-6-11)27(24,25)15(16,17)18;/h10-11H,3-9H2,1-2H3,(H2,19,20,22);1H. The van der Waals surface area contributed by atoms with Crippen LogP contribution in [0.15, 0.2) is 10.4 Å². The lowest BCUT2D eigenvalue weighted by molar-refractivity contribution is -0.0494. The monoisotopic (exact) mass is 555 g/mol. The van der Waals surface area contributed by atoms with Gasteiger partial charge in [0.25, 0.3) is 0 Å². The van der Waals surface area contributed by atoms with Crippen molar-refractivity contribution in [1.29, 1.82) is 0 Å². The van der Waals surface area contributed by atoms with E-state index in [0.717, 1.165) is 23.5 Å². The lowest BCUT2D eigenvalue weighted by atomic mass is 10.1. The average Bonchev–Trinajstić information content (AvgIpc) is 3.08. The van der Waals surface area contributed by atoms with Gasteiger partial charge in [-0.05, 0) is 19.3 Å². The minimum absolute atomic E-state index is 0. The Bertz CT molecular complexity index is 747. The third-order valence-corrected chi connectivity index (χ3v) is 6.90. The number of nitrogens with one attached hydrogen (secondary N) is 2. The van der Waals surface area contributed by atoms with Gasteiger partial charge in [-0.1, -0.05) is 6.92 Å². The molecule has 2 heterocycles. The summed E-state index contributed by atoms with van der Waals surface area (Å²) in [4.78, 5) is 8.59. The van der Waals surface area contributed by atoms with Crippen molar-refractivity contribution in [1.82, 2.24) is 19.9 Å². The smallest absolute Gasteiger partial charge is 0.356 e. The first kappa shape index (κ1) is 25.4. The summed E-state index contributed by atoms with van der Waals surface area (Å²) < 4.78 is 61.2. The van der Waals surface area contributed by atoms with Crippen molar-refractivity contribution in [2.75, 3.05) is 26.7 Å². The molecule has 7 nitrogen and oxygen atoms in total. The lowest BCUT2D eigenvalue weighted by Crippen LogP contribution is -2.51. The van der Waals surface area contributed by atoms with Gasteiger partial charge in [-0.15, -0.1) is 35.3 Å². The predicted octanol–water partition coefficient (Wildman–Crippen LogP) is 2.35. The number of thiazole rings is 1. The number of rotatable bonds is 6. The molecule has 0 unspecified atom stereocenters. The van der Waals surface area contributed by atoms with Crippen LogP contribution in [0.3, 0.4) is 0 Å². The van der Waals surface area contributed by atoms with Crippen molar-refractivity contribution >= 4 is 51.3 Å². The summed E-state index contributed by atoms with van der Waals surface area (Å²) in [6, 6.07) is -0.137. The largest absolute Gasteiger partial charge is 0.511 e. The average molecular weight is 555 g/mol. The van der Waals surface area contributed by atoms with Gasteiger partial charge in [-0.3, -0.25) is 4.99 Å². The second-order valence-electron chi connectivity index (χ2n) is 6.10. The van der Waals surface area contributed by atoms with Gasteiger partial charge in [0.15, 0.2) is 5.96 Å². The van der Waals surface area contributed by atoms with E-state index in [0.29, 0.717) is 16.8 Å². The topological polar surface area (TPSA) is 86.7 Å². The number of sulfonamides is 1. The molecule has 0 atom stereocenters. The minimum Gasteiger partial charge on any atom is -0.356 e. The number of aliphatic imine (C=N–C) groups is 1. The number of aromatic nitrogens is 1. The van der Waals surface area contributed by atoms with E-state index in [2.05, 4.69) is 27.5 Å². The van der Waals surface area contributed by atoms with Gasteiger partial charge >= 0.3 is 15.5 Å². The SMILES string of the molecule is CCc1nc(CCNC(=NC)NC2CCN(S(=O)(=O)C(F)(F)F)CC2)cs1.I. The second-order valence-corrected chi connectivity index (χ2v) is 8.98. The van der Waals surface area contributed by atoms with E-state index >= 15 is 0 Å². The summed E-state index contributed by atoms with van der Waals surface area (Å²) in [5.41, 5.74) is -4.25. The normalized spacial score (nSPS) is 17.2. The molecule has 162 valence electrons. The van der Waals surface area contributed by atoms with Crippen LogP contribution in [0, 0.1) is 0 Å². The number of alkyl halides is 3. The highest BCUT2D eigenvalue weighted by molar-refractivity contribution is 14.0. The Morgan fingerprint density at radius 2 is 2.04 bits per heavy atom. The molecular weight excluding hydrogens is 530 g/mol. The zero-order chi connectivity index (χ0) is 20.1. The van der Waals surface area contributed by atoms with Crippen LogP contribution in [0.5, 0.6) is 0 Å². The van der Waals surface area contributed by atoms with Gasteiger partial charge in [0.05, 0.1) is 10.7 Å². The quantitative estimate of drug-likeness (QED) is 0.320. The Morgan fingerprint density at radius 3 is 2.54 bits per heavy atom. The highest BCUT2D eigenvalue weighted by Gasteiger charge is 2.50. The van der Waals surface area contributed by atoms with Crippen molar-refractivity contribution in [2.24, 2.45) is 4.99 Å². The van der Waals surface area contributed by atoms with E-state index < -0.39 is 15.5 Å². The third kappa shape index (κ3) is 6.69. The summed E-state index contributed by atoms with van der Waals surface area (Å²) in [6.07, 6.45) is 2.20. The molecule has 13 heteroatoms. The van der Waals surface area contributed by atoms with E-state index in [1.54, 1.807) is 18.4 Å². The number of hydrogen-bond acceptors (Lipinski definition) is 5. The van der Waals surface area contributed by atoms with Crippen LogP contribution < -0.4 is 10.6 Å². The first-order chi connectivity index (χ1) is 12.7. The fourth-order valence-corrected chi connectivity index (χ4v) is 4.47. The van der Waals surface area contributed by atoms with Gasteiger partial charge in [-0.25, -0.2) is 13.4 Å². The minimum atomic E-state index is -5.25. The summed E-state index contributed by atoms with van der Waals surface area (Å²) in [5.74, 6) is 0.540. The van der Waals surface area contributed by atoms with Crippen LogP contribution in [0.25, 0.3) is 0 Å². The van der Waals surface area contributed by atoms with Crippen molar-refractivity contribution in [3.63, 3.8) is 0 Å². The van der Waals surface area contributed by atoms with E-state index in [1.807, 2.05) is 5.38 Å². The maximum atomic E-state index is 12.6. The van der Waals surface area contributed by atoms with Gasteiger partial charge in [0.2, 0.25) is 0 Å². The Morgan fingerprint density at radius 1 is 1.39 bits per heavy atom. The Balaban J connectivity index is 0.00000392. The van der Waals surface area contributed by atoms with Crippen molar-refractivity contribution in [3.05, 3.63) is 16.1 Å². The number of aryl methyl sites for hydroxylation is 1. The number of guanidine groups is 1. The molecule has 1 aromatic heterocycles. The maximum Gasteiger partial charge on any atom is 0.511 e. The highest BCUT2D eigenvalue weighted by atomic mass is 127. The molecule has 0 aromatic carbocycles. The summed E-state index contributed by atoms with van der Waals surface area (Å²) >= 11 is 1.63. The molecule has 2 N–H and O–H groups in total. The molecule has 0 saturated carbocycles. The lowest BCUT2D eigenvalue weighted by Gasteiger charge is -2.32. The highest BCUT2D eigenvalue weighted by Crippen LogP contribution is 2.28. The number of nitrogens with zero attached hydrogens (tertiary/aromatic N) is 3. The maximum absolute atomic E-state index is 12.6. The first-order valence-electron chi connectivity index (χ1n) is 8.64. The fourth-order valence-electron chi connectivity index (χ4n) is 2.71. The van der Waals surface area contributed by atoms with Crippen LogP contribution in [0.1, 0.15) is 30.5 Å². The van der Waals surface area contributed by atoms with E-state index in [-0.39, 0.29) is 55.9 Å². The molecule has 0 radical (unpaired) electrons. The zero-order valence-corrected chi connectivity index (χ0v) is 19.6. The van der Waals surface area contributed by atoms with Gasteiger partial charge in [0, 0.05) is 44.5 Å². The van der Waals surface area contributed by atoms with Crippen LogP contribution in [0.4, 0.5) is 13.2 Å². The van der Waals surface area contributed by atoms with Crippen molar-refractivity contribution < 1.29 is 21.6 Å². The number of halogens is 4. The van der Waals surface area contributed by atoms with E-state index in [9.17, 15) is 21.6 Å². The molecule has 1 aliphatic heterocycles. The zero-order valence-electron chi connectivity index (χ0n) is 15.6. The Kier molecular flexibility index (Phi) is 9.89. The molecule has 1 fully saturated rings. The predicted molar refractivity (Wildman–Crippen MR) is 115 cm³/mol. The van der Waals surface area contributed by atoms with Crippen LogP contribution in [0.2, 0.25) is 0 Å². The summed E-state index contributed by atoms with van der Waals surface area (Å²) in [6.45, 7) is 2.33. The Hall–Kier alpha value is -0.670. The molecule has 2 rings (SSSR count). The molecule has 1 aromatic rings. The second kappa shape index (κ2) is 10.9. The Labute approximate surface area is 184 Å². The summed E-state index contributed by atoms with van der Waals surface area (Å²) in [5, 5.41) is 9.40. The fraction of sp³-hybridized carbons (Fsp3) is 0.733. The molecule has 1 saturated heterocycles. The van der Waals surface area contributed by atoms with Crippen LogP contribution >= 0.6 is 35.3 Å². The van der Waals surface area contributed by atoms with Crippen molar-refractivity contribution in [3.8, 4) is 0 Å². The number of hydrogen-bond donors (Lipinski definition) is 2. The van der Waals surface area contributed by atoms with E-state index in [4.69, 9.17) is 0 Å². The first-order valence-corrected chi connectivity index (χ1v) is 11.0. The molecule has 28 heavy (non-hydrogen) atoms. The van der Waals surface area contributed by atoms with Crippen LogP contribution in [-0.4, -0.2) is 61.9 Å². The van der Waals surface area contributed by atoms with E-state index in [1.165, 1.54) is 0 Å². The molecule has 0 amide bonds. The molecule has 0 spiro atoms. The van der Waals surface area contributed by atoms with Gasteiger partial charge in [0.1, 0.15) is 0 Å².